The number of hydrogen-bond donors (Lipinski definition) is 0. The van der Waals surface area contributed by atoms with Gasteiger partial charge in [0.2, 0.25) is 6.79 Å². The Morgan fingerprint density at radius 1 is 1.55 bits per heavy atom. The molecule has 0 radical (unpaired) electrons. The maximum absolute atomic E-state index is 11.3. The number of hydrogen-bond acceptors (Lipinski definition) is 5. The van der Waals surface area contributed by atoms with Crippen LogP contribution in [0.2, 0.25) is 0 Å². The topological polar surface area (TPSA) is 69.7 Å². The van der Waals surface area contributed by atoms with E-state index in [2.05, 4.69) is 8.92 Å². The molecule has 5 nitrogen and oxygen atoms in total. The third kappa shape index (κ3) is 7.20. The highest BCUT2D eigenvalue weighted by Gasteiger charge is 2.04. The van der Waals surface area contributed by atoms with E-state index < -0.39 is 29.6 Å². The first-order chi connectivity index (χ1) is 4.95. The van der Waals surface area contributed by atoms with E-state index in [1.165, 1.54) is 0 Å². The Bertz CT molecular complexity index is 221. The molecule has 0 saturated heterocycles. The average molecular weight is 186 g/mol. The van der Waals surface area contributed by atoms with Crippen molar-refractivity contribution >= 4 is 16.1 Å². The van der Waals surface area contributed by atoms with Gasteiger partial charge in [-0.3, -0.25) is 0 Å². The van der Waals surface area contributed by atoms with Gasteiger partial charge in [-0.1, -0.05) is 0 Å². The van der Waals surface area contributed by atoms with Gasteiger partial charge in [-0.15, -0.1) is 0 Å². The van der Waals surface area contributed by atoms with Crippen LogP contribution in [0.3, 0.4) is 0 Å². The SMILES string of the molecule is CS(=O)(=O)OCOC(=O)CF. The van der Waals surface area contributed by atoms with E-state index in [-0.39, 0.29) is 0 Å². The van der Waals surface area contributed by atoms with Crippen molar-refractivity contribution in [1.29, 1.82) is 0 Å². The van der Waals surface area contributed by atoms with E-state index in [1.807, 2.05) is 0 Å². The maximum Gasteiger partial charge on any atom is 0.339 e. The van der Waals surface area contributed by atoms with E-state index in [4.69, 9.17) is 0 Å². The maximum atomic E-state index is 11.3. The molecule has 0 aliphatic heterocycles. The van der Waals surface area contributed by atoms with Crippen molar-refractivity contribution in [3.8, 4) is 0 Å². The largest absolute Gasteiger partial charge is 0.435 e. The van der Waals surface area contributed by atoms with E-state index in [9.17, 15) is 17.6 Å². The molecule has 0 atom stereocenters. The highest BCUT2D eigenvalue weighted by Crippen LogP contribution is 1.87. The zero-order chi connectivity index (χ0) is 8.91. The summed E-state index contributed by atoms with van der Waals surface area (Å²) in [7, 11) is -3.63. The summed E-state index contributed by atoms with van der Waals surface area (Å²) in [5.74, 6) is -1.16. The Balaban J connectivity index is 3.51. The van der Waals surface area contributed by atoms with Gasteiger partial charge < -0.3 is 4.74 Å². The Labute approximate surface area is 63.2 Å². The zero-order valence-electron chi connectivity index (χ0n) is 5.74. The molecule has 0 aliphatic rings. The molecule has 0 saturated carbocycles. The Kier molecular flexibility index (Phi) is 3.98. The molecule has 0 rings (SSSR count). The van der Waals surface area contributed by atoms with Crippen molar-refractivity contribution in [1.82, 2.24) is 0 Å². The normalized spacial score (nSPS) is 11.1. The van der Waals surface area contributed by atoms with E-state index in [0.717, 1.165) is 6.26 Å². The number of ether oxygens (including phenoxy) is 1. The third-order valence-corrected chi connectivity index (χ3v) is 1.12. The minimum Gasteiger partial charge on any atom is -0.435 e. The Morgan fingerprint density at radius 2 is 2.09 bits per heavy atom. The number of carbonyl (C=O) groups is 1. The van der Waals surface area contributed by atoms with Crippen molar-refractivity contribution < 1.29 is 26.5 Å². The highest BCUT2D eigenvalue weighted by atomic mass is 32.2. The first kappa shape index (κ1) is 10.3. The average Bonchev–Trinajstić information content (AvgIpc) is 1.85. The smallest absolute Gasteiger partial charge is 0.339 e. The Morgan fingerprint density at radius 3 is 2.45 bits per heavy atom. The van der Waals surface area contributed by atoms with Crippen LogP contribution in [-0.4, -0.2) is 34.1 Å². The van der Waals surface area contributed by atoms with Gasteiger partial charge in [0, 0.05) is 0 Å². The second kappa shape index (κ2) is 4.24. The summed E-state index contributed by atoms with van der Waals surface area (Å²) in [6.45, 7) is -2.07. The monoisotopic (exact) mass is 186 g/mol. The number of esters is 1. The third-order valence-electron chi connectivity index (χ3n) is 0.591. The quantitative estimate of drug-likeness (QED) is 0.334. The van der Waals surface area contributed by atoms with E-state index in [1.54, 1.807) is 0 Å². The standard InChI is InChI=1S/C4H7FO5S/c1-11(7,8)10-3-9-4(6)2-5/h2-3H2,1H3. The van der Waals surface area contributed by atoms with Crippen LogP contribution in [0.4, 0.5) is 4.39 Å². The fraction of sp³-hybridized carbons (Fsp3) is 0.750. The fourth-order valence-corrected chi connectivity index (χ4v) is 0.439. The summed E-state index contributed by atoms with van der Waals surface area (Å²) < 4.78 is 39.6. The second-order valence-corrected chi connectivity index (χ2v) is 3.23. The molecular weight excluding hydrogens is 179 g/mol. The van der Waals surface area contributed by atoms with Crippen LogP contribution in [0.1, 0.15) is 0 Å². The molecule has 0 bridgehead atoms. The predicted octanol–water partition coefficient (Wildman–Crippen LogP) is -0.567. The molecule has 0 aromatic rings. The van der Waals surface area contributed by atoms with E-state index >= 15 is 0 Å². The van der Waals surface area contributed by atoms with Crippen LogP contribution in [-0.2, 0) is 23.8 Å². The molecular formula is C4H7FO5S. The van der Waals surface area contributed by atoms with Crippen LogP contribution in [0.25, 0.3) is 0 Å². The van der Waals surface area contributed by atoms with Gasteiger partial charge in [0.15, 0.2) is 6.67 Å². The van der Waals surface area contributed by atoms with Gasteiger partial charge in [0.25, 0.3) is 10.1 Å². The molecule has 0 heterocycles. The predicted molar refractivity (Wildman–Crippen MR) is 32.9 cm³/mol. The first-order valence-corrected chi connectivity index (χ1v) is 4.33. The minimum atomic E-state index is -3.63. The highest BCUT2D eigenvalue weighted by molar-refractivity contribution is 7.85. The number of carbonyl (C=O) groups excluding carboxylic acids is 1. The fourth-order valence-electron chi connectivity index (χ4n) is 0.216. The van der Waals surface area contributed by atoms with Crippen LogP contribution >= 0.6 is 0 Å². The zero-order valence-corrected chi connectivity index (χ0v) is 6.56. The molecule has 7 heteroatoms. The van der Waals surface area contributed by atoms with Crippen LogP contribution in [0.15, 0.2) is 0 Å². The van der Waals surface area contributed by atoms with Crippen molar-refractivity contribution in [2.45, 2.75) is 0 Å². The molecule has 0 N–H and O–H groups in total. The summed E-state index contributed by atoms with van der Waals surface area (Å²) in [5, 5.41) is 0. The van der Waals surface area contributed by atoms with Crippen LogP contribution in [0.5, 0.6) is 0 Å². The van der Waals surface area contributed by atoms with Gasteiger partial charge in [0.1, 0.15) is 0 Å². The summed E-state index contributed by atoms with van der Waals surface area (Å²) in [4.78, 5) is 10.0. The molecule has 0 aromatic carbocycles. The van der Waals surface area contributed by atoms with Gasteiger partial charge >= 0.3 is 5.97 Å². The first-order valence-electron chi connectivity index (χ1n) is 2.51. The molecule has 11 heavy (non-hydrogen) atoms. The van der Waals surface area contributed by atoms with Gasteiger partial charge in [0.05, 0.1) is 6.26 Å². The summed E-state index contributed by atoms with van der Waals surface area (Å²) in [5.41, 5.74) is 0. The Hall–Kier alpha value is -0.690. The van der Waals surface area contributed by atoms with E-state index in [0.29, 0.717) is 0 Å². The minimum absolute atomic E-state index is 0.776. The lowest BCUT2D eigenvalue weighted by atomic mass is 10.8. The molecule has 0 amide bonds. The van der Waals surface area contributed by atoms with Gasteiger partial charge in [-0.25, -0.2) is 13.4 Å². The van der Waals surface area contributed by atoms with Gasteiger partial charge in [-0.05, 0) is 0 Å². The second-order valence-electron chi connectivity index (χ2n) is 1.59. The summed E-state index contributed by atoms with van der Waals surface area (Å²) in [6.07, 6.45) is 0.788. The lowest BCUT2D eigenvalue weighted by Gasteiger charge is -2.00. The van der Waals surface area contributed by atoms with Crippen molar-refractivity contribution in [2.24, 2.45) is 0 Å². The summed E-state index contributed by atoms with van der Waals surface area (Å²) in [6, 6.07) is 0. The van der Waals surface area contributed by atoms with Crippen molar-refractivity contribution in [3.05, 3.63) is 0 Å². The van der Waals surface area contributed by atoms with Gasteiger partial charge in [-0.2, -0.15) is 8.42 Å². The number of halogens is 1. The lowest BCUT2D eigenvalue weighted by Crippen LogP contribution is -2.12. The number of rotatable bonds is 4. The van der Waals surface area contributed by atoms with Crippen LogP contribution in [0, 0.1) is 0 Å². The molecule has 0 aliphatic carbocycles. The van der Waals surface area contributed by atoms with Crippen molar-refractivity contribution in [2.75, 3.05) is 19.7 Å². The molecule has 0 spiro atoms. The van der Waals surface area contributed by atoms with Crippen molar-refractivity contribution in [3.63, 3.8) is 0 Å². The molecule has 0 unspecified atom stereocenters. The van der Waals surface area contributed by atoms with Crippen LogP contribution < -0.4 is 0 Å². The molecule has 0 fully saturated rings. The molecule has 0 aromatic heterocycles. The molecule has 66 valence electrons. The lowest BCUT2D eigenvalue weighted by molar-refractivity contribution is -0.150. The number of alkyl halides is 1. The summed E-state index contributed by atoms with van der Waals surface area (Å²) >= 11 is 0.